The van der Waals surface area contributed by atoms with Crippen LogP contribution in [0.15, 0.2) is 77.3 Å². The van der Waals surface area contributed by atoms with Gasteiger partial charge in [-0.3, -0.25) is 19.8 Å². The number of allylic oxidation sites excluding steroid dienone is 3. The van der Waals surface area contributed by atoms with Gasteiger partial charge >= 0.3 is 0 Å². The van der Waals surface area contributed by atoms with E-state index in [1.54, 1.807) is 11.0 Å². The van der Waals surface area contributed by atoms with Crippen LogP contribution in [-0.4, -0.2) is 10.7 Å². The molecule has 0 fully saturated rings. The molecule has 220 valence electrons. The molecule has 1 heterocycles. The van der Waals surface area contributed by atoms with Gasteiger partial charge in [0.1, 0.15) is 18.2 Å². The standard InChI is InChI=1S/C35H36N4O4/c1-20-7-11-26(12-8-20)43-19-24-13-21(2)14-27(23(24)4)32-28(18-36)34(37)38(29-15-25(39(41)42)10-9-22(29)3)30-16-35(5,6)17-31(40)33(30)32/h7-15,32H,16-17,19,37H2,1-6H3. The number of nitrogens with two attached hydrogens (primary N) is 1. The van der Waals surface area contributed by atoms with Gasteiger partial charge in [-0.25, -0.2) is 0 Å². The zero-order chi connectivity index (χ0) is 31.2. The number of Topliss-reactive ketones (excluding diaryl/α,β-unsaturated/α-hetero) is 1. The van der Waals surface area contributed by atoms with Crippen molar-refractivity contribution in [3.63, 3.8) is 0 Å². The van der Waals surface area contributed by atoms with Gasteiger partial charge in [-0.05, 0) is 73.9 Å². The van der Waals surface area contributed by atoms with Crippen LogP contribution in [0.5, 0.6) is 5.75 Å². The van der Waals surface area contributed by atoms with E-state index in [1.165, 1.54) is 12.1 Å². The van der Waals surface area contributed by atoms with Crippen molar-refractivity contribution in [1.29, 1.82) is 5.26 Å². The van der Waals surface area contributed by atoms with Gasteiger partial charge in [0.25, 0.3) is 5.69 Å². The maximum Gasteiger partial charge on any atom is 0.271 e. The number of benzene rings is 3. The fourth-order valence-corrected chi connectivity index (χ4v) is 6.26. The lowest BCUT2D eigenvalue weighted by Crippen LogP contribution is -2.42. The van der Waals surface area contributed by atoms with Gasteiger partial charge in [0.15, 0.2) is 5.78 Å². The zero-order valence-electron chi connectivity index (χ0n) is 25.4. The monoisotopic (exact) mass is 576 g/mol. The largest absolute Gasteiger partial charge is 0.489 e. The van der Waals surface area contributed by atoms with Crippen LogP contribution in [0.3, 0.4) is 0 Å². The molecule has 3 aromatic carbocycles. The molecule has 1 unspecified atom stereocenters. The summed E-state index contributed by atoms with van der Waals surface area (Å²) in [5, 5.41) is 22.3. The molecule has 0 bridgehead atoms. The van der Waals surface area contributed by atoms with E-state index in [2.05, 4.69) is 12.1 Å². The van der Waals surface area contributed by atoms with Crippen molar-refractivity contribution in [1.82, 2.24) is 0 Å². The molecular formula is C35H36N4O4. The summed E-state index contributed by atoms with van der Waals surface area (Å²) in [6, 6.07) is 18.8. The van der Waals surface area contributed by atoms with E-state index in [-0.39, 0.29) is 28.3 Å². The van der Waals surface area contributed by atoms with E-state index in [4.69, 9.17) is 10.5 Å². The molecule has 2 N–H and O–H groups in total. The van der Waals surface area contributed by atoms with Crippen LogP contribution >= 0.6 is 0 Å². The minimum absolute atomic E-state index is 0.0528. The Hall–Kier alpha value is -4.90. The van der Waals surface area contributed by atoms with E-state index in [0.717, 1.165) is 39.1 Å². The van der Waals surface area contributed by atoms with Crippen LogP contribution in [-0.2, 0) is 11.4 Å². The summed E-state index contributed by atoms with van der Waals surface area (Å²) in [5.74, 6) is 0.212. The Morgan fingerprint density at radius 3 is 2.40 bits per heavy atom. The first-order chi connectivity index (χ1) is 20.3. The molecular weight excluding hydrogens is 540 g/mol. The predicted molar refractivity (Wildman–Crippen MR) is 166 cm³/mol. The van der Waals surface area contributed by atoms with Crippen molar-refractivity contribution in [3.8, 4) is 11.8 Å². The average Bonchev–Trinajstić information content (AvgIpc) is 2.93. The Kier molecular flexibility index (Phi) is 7.61. The van der Waals surface area contributed by atoms with Crippen LogP contribution in [0, 0.1) is 54.6 Å². The van der Waals surface area contributed by atoms with Crippen LogP contribution in [0.2, 0.25) is 0 Å². The van der Waals surface area contributed by atoms with Gasteiger partial charge in [-0.15, -0.1) is 0 Å². The number of nitriles is 1. The number of hydrogen-bond donors (Lipinski definition) is 1. The molecule has 1 atom stereocenters. The summed E-state index contributed by atoms with van der Waals surface area (Å²) in [7, 11) is 0. The maximum absolute atomic E-state index is 14.1. The second-order valence-electron chi connectivity index (χ2n) is 12.4. The Balaban J connectivity index is 1.70. The van der Waals surface area contributed by atoms with E-state index in [0.29, 0.717) is 36.4 Å². The minimum Gasteiger partial charge on any atom is -0.489 e. The van der Waals surface area contributed by atoms with Gasteiger partial charge in [0, 0.05) is 29.8 Å². The number of carbonyl (C=O) groups is 1. The number of nitro benzene ring substituents is 1. The van der Waals surface area contributed by atoms with E-state index in [9.17, 15) is 20.2 Å². The van der Waals surface area contributed by atoms with Crippen molar-refractivity contribution in [2.24, 2.45) is 11.1 Å². The number of nitro groups is 1. The number of hydrogen-bond acceptors (Lipinski definition) is 7. The van der Waals surface area contributed by atoms with Crippen molar-refractivity contribution in [3.05, 3.63) is 121 Å². The molecule has 0 radical (unpaired) electrons. The van der Waals surface area contributed by atoms with Gasteiger partial charge in [0.05, 0.1) is 28.2 Å². The van der Waals surface area contributed by atoms with Crippen LogP contribution in [0.25, 0.3) is 0 Å². The Morgan fingerprint density at radius 2 is 1.74 bits per heavy atom. The number of ether oxygens (including phenoxy) is 1. The average molecular weight is 577 g/mol. The maximum atomic E-state index is 14.1. The Morgan fingerprint density at radius 1 is 1.05 bits per heavy atom. The number of aryl methyl sites for hydroxylation is 3. The van der Waals surface area contributed by atoms with E-state index in [1.807, 2.05) is 71.9 Å². The Labute approximate surface area is 252 Å². The molecule has 3 aromatic rings. The van der Waals surface area contributed by atoms with Gasteiger partial charge < -0.3 is 10.5 Å². The number of anilines is 1. The summed E-state index contributed by atoms with van der Waals surface area (Å²) < 4.78 is 6.13. The van der Waals surface area contributed by atoms with Gasteiger partial charge in [0.2, 0.25) is 0 Å². The quantitative estimate of drug-likeness (QED) is 0.240. The van der Waals surface area contributed by atoms with Gasteiger partial charge in [-0.1, -0.05) is 55.3 Å². The van der Waals surface area contributed by atoms with E-state index >= 15 is 0 Å². The third-order valence-electron chi connectivity index (χ3n) is 8.45. The van der Waals surface area contributed by atoms with Crippen LogP contribution < -0.4 is 15.4 Å². The number of nitrogens with zero attached hydrogens (tertiary/aromatic N) is 3. The summed E-state index contributed by atoms with van der Waals surface area (Å²) in [4.78, 5) is 27.0. The molecule has 43 heavy (non-hydrogen) atoms. The fourth-order valence-electron chi connectivity index (χ4n) is 6.26. The number of rotatable bonds is 6. The number of ketones is 1. The highest BCUT2D eigenvalue weighted by Gasteiger charge is 2.45. The van der Waals surface area contributed by atoms with Crippen molar-refractivity contribution < 1.29 is 14.5 Å². The zero-order valence-corrected chi connectivity index (χ0v) is 25.4. The predicted octanol–water partition coefficient (Wildman–Crippen LogP) is 7.35. The molecule has 0 aromatic heterocycles. The molecule has 2 aliphatic rings. The fraction of sp³-hybridized carbons (Fsp3) is 0.314. The van der Waals surface area contributed by atoms with Gasteiger partial charge in [-0.2, -0.15) is 5.26 Å². The Bertz CT molecular complexity index is 1760. The molecule has 0 amide bonds. The van der Waals surface area contributed by atoms with Crippen molar-refractivity contribution in [2.45, 2.75) is 66.9 Å². The lowest BCUT2D eigenvalue weighted by molar-refractivity contribution is -0.384. The van der Waals surface area contributed by atoms with E-state index < -0.39 is 10.8 Å². The highest BCUT2D eigenvalue weighted by molar-refractivity contribution is 6.02. The number of carbonyl (C=O) groups excluding carboxylic acids is 1. The molecule has 8 nitrogen and oxygen atoms in total. The molecule has 0 spiro atoms. The molecule has 5 rings (SSSR count). The molecule has 8 heteroatoms. The first-order valence-electron chi connectivity index (χ1n) is 14.3. The molecule has 1 aliphatic carbocycles. The van der Waals surface area contributed by atoms with Crippen LogP contribution in [0.1, 0.15) is 66.0 Å². The molecule has 1 aliphatic heterocycles. The topological polar surface area (TPSA) is 122 Å². The second-order valence-corrected chi connectivity index (χ2v) is 12.4. The number of non-ortho nitro benzene ring substituents is 1. The summed E-state index contributed by atoms with van der Waals surface area (Å²) in [5.41, 5.74) is 13.9. The van der Waals surface area contributed by atoms with Crippen LogP contribution in [0.4, 0.5) is 11.4 Å². The lowest BCUT2D eigenvalue weighted by atomic mass is 9.67. The summed E-state index contributed by atoms with van der Waals surface area (Å²) in [6.45, 7) is 12.2. The smallest absolute Gasteiger partial charge is 0.271 e. The minimum atomic E-state index is -0.670. The SMILES string of the molecule is Cc1ccc(OCc2cc(C)cc(C3C(C#N)=C(N)N(c4cc([N+](=O)[O-])ccc4C)C4=C3C(=O)CC(C)(C)C4)c2C)cc1. The normalized spacial score (nSPS) is 17.9. The second kappa shape index (κ2) is 11.1. The van der Waals surface area contributed by atoms with Crippen molar-refractivity contribution >= 4 is 17.2 Å². The summed E-state index contributed by atoms with van der Waals surface area (Å²) >= 11 is 0. The first-order valence-corrected chi connectivity index (χ1v) is 14.3. The third-order valence-corrected chi connectivity index (χ3v) is 8.45. The summed E-state index contributed by atoms with van der Waals surface area (Å²) in [6.07, 6.45) is 0.831. The molecule has 0 saturated heterocycles. The highest BCUT2D eigenvalue weighted by atomic mass is 16.6. The third kappa shape index (κ3) is 5.51. The highest BCUT2D eigenvalue weighted by Crippen LogP contribution is 2.51. The molecule has 0 saturated carbocycles. The van der Waals surface area contributed by atoms with Crippen molar-refractivity contribution in [2.75, 3.05) is 4.90 Å². The lowest BCUT2D eigenvalue weighted by Gasteiger charge is -2.44. The first kappa shape index (κ1) is 29.6.